The maximum Gasteiger partial charge on any atom is 0.0850 e. The van der Waals surface area contributed by atoms with Gasteiger partial charge >= 0.3 is 0 Å². The number of hydrogen-bond acceptors (Lipinski definition) is 2. The van der Waals surface area contributed by atoms with Crippen molar-refractivity contribution in [2.45, 2.75) is 12.5 Å². The molecule has 2 aromatic rings. The van der Waals surface area contributed by atoms with Crippen LogP contribution < -0.4 is 5.73 Å². The molecule has 1 atom stereocenters. The number of rotatable bonds is 3. The minimum absolute atomic E-state index is 0.339. The molecule has 2 aromatic carbocycles. The third-order valence-electron chi connectivity index (χ3n) is 2.83. The Bertz CT molecular complexity index is 601. The van der Waals surface area contributed by atoms with Crippen LogP contribution >= 0.6 is 34.8 Å². The van der Waals surface area contributed by atoms with Gasteiger partial charge in [-0.2, -0.15) is 0 Å². The summed E-state index contributed by atoms with van der Waals surface area (Å²) in [6, 6.07) is 10.2. The lowest BCUT2D eigenvalue weighted by Crippen LogP contribution is -2.05. The average molecular weight is 317 g/mol. The summed E-state index contributed by atoms with van der Waals surface area (Å²) in [5.74, 6) is 0. The first-order chi connectivity index (χ1) is 8.97. The van der Waals surface area contributed by atoms with E-state index in [2.05, 4.69) is 0 Å². The zero-order chi connectivity index (χ0) is 14.0. The molecule has 19 heavy (non-hydrogen) atoms. The topological polar surface area (TPSA) is 46.2 Å². The van der Waals surface area contributed by atoms with Crippen LogP contribution in [0.1, 0.15) is 17.2 Å². The van der Waals surface area contributed by atoms with E-state index in [1.54, 1.807) is 36.4 Å². The second-order valence-electron chi connectivity index (χ2n) is 4.23. The van der Waals surface area contributed by atoms with E-state index >= 15 is 0 Å². The van der Waals surface area contributed by atoms with Gasteiger partial charge in [-0.1, -0.05) is 40.9 Å². The van der Waals surface area contributed by atoms with E-state index in [9.17, 15) is 5.11 Å². The van der Waals surface area contributed by atoms with Gasteiger partial charge in [-0.15, -0.1) is 0 Å². The van der Waals surface area contributed by atoms with Crippen molar-refractivity contribution in [2.75, 3.05) is 5.73 Å². The molecule has 5 heteroatoms. The number of anilines is 1. The van der Waals surface area contributed by atoms with Crippen LogP contribution in [0.2, 0.25) is 15.1 Å². The molecule has 0 saturated carbocycles. The van der Waals surface area contributed by atoms with E-state index in [1.807, 2.05) is 0 Å². The lowest BCUT2D eigenvalue weighted by atomic mass is 10.00. The number of aliphatic hydroxyl groups excluding tert-OH is 1. The molecule has 0 aliphatic carbocycles. The lowest BCUT2D eigenvalue weighted by Gasteiger charge is -2.15. The SMILES string of the molecule is Nc1cc(Cl)ccc1C(O)Cc1cc(Cl)ccc1Cl. The molecule has 0 amide bonds. The van der Waals surface area contributed by atoms with Gasteiger partial charge in [0.15, 0.2) is 0 Å². The molecule has 100 valence electrons. The highest BCUT2D eigenvalue weighted by Gasteiger charge is 2.14. The Balaban J connectivity index is 2.25. The van der Waals surface area contributed by atoms with Gasteiger partial charge in [0.05, 0.1) is 6.10 Å². The fourth-order valence-electron chi connectivity index (χ4n) is 1.87. The van der Waals surface area contributed by atoms with Crippen molar-refractivity contribution in [3.8, 4) is 0 Å². The molecule has 0 aliphatic rings. The van der Waals surface area contributed by atoms with Gasteiger partial charge in [0.2, 0.25) is 0 Å². The van der Waals surface area contributed by atoms with Crippen molar-refractivity contribution in [3.05, 3.63) is 62.6 Å². The fraction of sp³-hybridized carbons (Fsp3) is 0.143. The van der Waals surface area contributed by atoms with Gasteiger partial charge in [0.25, 0.3) is 0 Å². The molecule has 0 aromatic heterocycles. The molecule has 0 bridgehead atoms. The third-order valence-corrected chi connectivity index (χ3v) is 3.67. The van der Waals surface area contributed by atoms with Crippen LogP contribution in [0.5, 0.6) is 0 Å². The summed E-state index contributed by atoms with van der Waals surface area (Å²) >= 11 is 17.8. The summed E-state index contributed by atoms with van der Waals surface area (Å²) in [4.78, 5) is 0. The summed E-state index contributed by atoms with van der Waals surface area (Å²) in [7, 11) is 0. The largest absolute Gasteiger partial charge is 0.398 e. The van der Waals surface area contributed by atoms with Crippen molar-refractivity contribution >= 4 is 40.5 Å². The summed E-state index contributed by atoms with van der Waals surface area (Å²) in [6.45, 7) is 0. The summed E-state index contributed by atoms with van der Waals surface area (Å²) in [5, 5.41) is 11.9. The first-order valence-corrected chi connectivity index (χ1v) is 6.77. The molecule has 3 N–H and O–H groups in total. The van der Waals surface area contributed by atoms with Crippen molar-refractivity contribution in [2.24, 2.45) is 0 Å². The van der Waals surface area contributed by atoms with E-state index in [0.717, 1.165) is 5.56 Å². The molecule has 2 nitrogen and oxygen atoms in total. The Labute approximate surface area is 126 Å². The van der Waals surface area contributed by atoms with E-state index in [0.29, 0.717) is 32.7 Å². The Morgan fingerprint density at radius 2 is 1.63 bits per heavy atom. The normalized spacial score (nSPS) is 12.4. The predicted octanol–water partition coefficient (Wildman–Crippen LogP) is 4.51. The Hall–Kier alpha value is -0.930. The number of nitrogen functional groups attached to an aromatic ring is 1. The van der Waals surface area contributed by atoms with Crippen LogP contribution in [0, 0.1) is 0 Å². The molecule has 0 heterocycles. The highest BCUT2D eigenvalue weighted by Crippen LogP contribution is 2.29. The molecule has 2 rings (SSSR count). The van der Waals surface area contributed by atoms with Crippen molar-refractivity contribution in [1.82, 2.24) is 0 Å². The molecular weight excluding hydrogens is 305 g/mol. The van der Waals surface area contributed by atoms with Gasteiger partial charge in [-0.3, -0.25) is 0 Å². The maximum atomic E-state index is 10.2. The predicted molar refractivity (Wildman–Crippen MR) is 81.0 cm³/mol. The second kappa shape index (κ2) is 6.02. The minimum atomic E-state index is -0.756. The van der Waals surface area contributed by atoms with Crippen LogP contribution in [0.3, 0.4) is 0 Å². The zero-order valence-corrected chi connectivity index (χ0v) is 12.2. The number of aliphatic hydroxyl groups is 1. The molecule has 0 radical (unpaired) electrons. The molecule has 0 saturated heterocycles. The van der Waals surface area contributed by atoms with Gasteiger partial charge in [0.1, 0.15) is 0 Å². The van der Waals surface area contributed by atoms with Gasteiger partial charge in [-0.05, 0) is 35.9 Å². The molecule has 0 spiro atoms. The first-order valence-electron chi connectivity index (χ1n) is 5.64. The number of nitrogens with two attached hydrogens (primary N) is 1. The van der Waals surface area contributed by atoms with Gasteiger partial charge in [0, 0.05) is 32.7 Å². The van der Waals surface area contributed by atoms with Gasteiger partial charge in [-0.25, -0.2) is 0 Å². The highest BCUT2D eigenvalue weighted by molar-refractivity contribution is 6.33. The lowest BCUT2D eigenvalue weighted by molar-refractivity contribution is 0.179. The molecular formula is C14H12Cl3NO. The number of halogens is 3. The van der Waals surface area contributed by atoms with Crippen molar-refractivity contribution < 1.29 is 5.11 Å². The van der Waals surface area contributed by atoms with Crippen LogP contribution in [0.15, 0.2) is 36.4 Å². The number of benzene rings is 2. The van der Waals surface area contributed by atoms with Gasteiger partial charge < -0.3 is 10.8 Å². The van der Waals surface area contributed by atoms with E-state index in [-0.39, 0.29) is 0 Å². The summed E-state index contributed by atoms with van der Waals surface area (Å²) in [6.07, 6.45) is -0.418. The molecule has 0 aliphatic heterocycles. The monoisotopic (exact) mass is 315 g/mol. The maximum absolute atomic E-state index is 10.2. The van der Waals surface area contributed by atoms with E-state index in [4.69, 9.17) is 40.5 Å². The first kappa shape index (κ1) is 14.5. The van der Waals surface area contributed by atoms with Crippen LogP contribution in [-0.2, 0) is 6.42 Å². The average Bonchev–Trinajstić information content (AvgIpc) is 2.33. The Kier molecular flexibility index (Phi) is 4.58. The fourth-order valence-corrected chi connectivity index (χ4v) is 2.44. The molecule has 1 unspecified atom stereocenters. The third kappa shape index (κ3) is 3.54. The molecule has 0 fully saturated rings. The summed E-state index contributed by atoms with van der Waals surface area (Å²) in [5.41, 5.74) is 7.70. The quantitative estimate of drug-likeness (QED) is 0.819. The Morgan fingerprint density at radius 3 is 2.32 bits per heavy atom. The van der Waals surface area contributed by atoms with E-state index in [1.165, 1.54) is 0 Å². The highest BCUT2D eigenvalue weighted by atomic mass is 35.5. The number of hydrogen-bond donors (Lipinski definition) is 2. The van der Waals surface area contributed by atoms with Crippen LogP contribution in [-0.4, -0.2) is 5.11 Å². The summed E-state index contributed by atoms with van der Waals surface area (Å²) < 4.78 is 0. The zero-order valence-electron chi connectivity index (χ0n) is 9.91. The Morgan fingerprint density at radius 1 is 1.00 bits per heavy atom. The standard InChI is InChI=1S/C14H12Cl3NO/c15-9-2-4-12(17)8(5-9)6-14(19)11-3-1-10(16)7-13(11)18/h1-5,7,14,19H,6,18H2. The van der Waals surface area contributed by atoms with Crippen LogP contribution in [0.25, 0.3) is 0 Å². The van der Waals surface area contributed by atoms with E-state index < -0.39 is 6.10 Å². The van der Waals surface area contributed by atoms with Crippen LogP contribution in [0.4, 0.5) is 5.69 Å². The second-order valence-corrected chi connectivity index (χ2v) is 5.51. The van der Waals surface area contributed by atoms with Crippen molar-refractivity contribution in [3.63, 3.8) is 0 Å². The minimum Gasteiger partial charge on any atom is -0.398 e. The van der Waals surface area contributed by atoms with Crippen molar-refractivity contribution in [1.29, 1.82) is 0 Å². The smallest absolute Gasteiger partial charge is 0.0850 e.